The summed E-state index contributed by atoms with van der Waals surface area (Å²) >= 11 is 1.50. The van der Waals surface area contributed by atoms with E-state index in [1.807, 2.05) is 11.4 Å². The van der Waals surface area contributed by atoms with Crippen LogP contribution in [0.4, 0.5) is 11.5 Å². The average molecular weight is 336 g/mol. The van der Waals surface area contributed by atoms with Gasteiger partial charge in [-0.2, -0.15) is 0 Å². The monoisotopic (exact) mass is 336 g/mol. The number of hydrogen-bond acceptors (Lipinski definition) is 7. The highest BCUT2D eigenvalue weighted by molar-refractivity contribution is 7.89. The Bertz CT molecular complexity index is 937. The molecule has 0 spiro atoms. The summed E-state index contributed by atoms with van der Waals surface area (Å²) in [6, 6.07) is 6.53. The lowest BCUT2D eigenvalue weighted by Crippen LogP contribution is -2.13. The van der Waals surface area contributed by atoms with Crippen molar-refractivity contribution in [1.29, 1.82) is 0 Å². The van der Waals surface area contributed by atoms with E-state index in [2.05, 4.69) is 15.3 Å². The van der Waals surface area contributed by atoms with E-state index in [1.54, 1.807) is 6.07 Å². The van der Waals surface area contributed by atoms with Crippen LogP contribution in [0.3, 0.4) is 0 Å². The van der Waals surface area contributed by atoms with Gasteiger partial charge in [-0.25, -0.2) is 23.5 Å². The summed E-state index contributed by atoms with van der Waals surface area (Å²) < 4.78 is 28.3. The number of rotatable bonds is 4. The number of nitrogens with two attached hydrogens (primary N) is 1. The molecule has 0 bridgehead atoms. The minimum atomic E-state index is -3.89. The first kappa shape index (κ1) is 14.7. The van der Waals surface area contributed by atoms with Gasteiger partial charge in [0.1, 0.15) is 27.6 Å². The summed E-state index contributed by atoms with van der Waals surface area (Å²) in [5.74, 6) is 0.785. The van der Waals surface area contributed by atoms with Crippen LogP contribution in [-0.4, -0.2) is 25.5 Å². The number of primary sulfonamides is 1. The Balaban J connectivity index is 2.05. The zero-order chi connectivity index (χ0) is 15.7. The zero-order valence-electron chi connectivity index (χ0n) is 11.5. The maximum atomic E-state index is 11.6. The molecule has 3 N–H and O–H groups in total. The molecule has 114 valence electrons. The van der Waals surface area contributed by atoms with Crippen LogP contribution >= 0.6 is 11.3 Å². The van der Waals surface area contributed by atoms with E-state index in [4.69, 9.17) is 9.88 Å². The molecule has 0 aliphatic heterocycles. The topological polar surface area (TPSA) is 107 Å². The number of thiophene rings is 1. The fourth-order valence-corrected chi connectivity index (χ4v) is 3.46. The van der Waals surface area contributed by atoms with Crippen LogP contribution in [0.1, 0.15) is 0 Å². The van der Waals surface area contributed by atoms with Gasteiger partial charge in [0.25, 0.3) is 0 Å². The van der Waals surface area contributed by atoms with Crippen molar-refractivity contribution in [3.05, 3.63) is 36.0 Å². The Hall–Kier alpha value is -2.23. The van der Waals surface area contributed by atoms with E-state index < -0.39 is 10.0 Å². The standard InChI is InChI=1S/C13H12N4O3S2/c1-20-10-3-2-8(6-11(10)22(14,18)19)17-12-9-4-5-21-13(9)16-7-15-12/h2-7H,1H3,(H2,14,18,19)(H,15,16,17). The van der Waals surface area contributed by atoms with Gasteiger partial charge < -0.3 is 10.1 Å². The summed E-state index contributed by atoms with van der Waals surface area (Å²) in [7, 11) is -2.50. The molecule has 9 heteroatoms. The van der Waals surface area contributed by atoms with Crippen molar-refractivity contribution in [2.45, 2.75) is 4.90 Å². The van der Waals surface area contributed by atoms with Gasteiger partial charge in [-0.05, 0) is 29.6 Å². The predicted molar refractivity (Wildman–Crippen MR) is 85.1 cm³/mol. The highest BCUT2D eigenvalue weighted by Crippen LogP contribution is 2.30. The van der Waals surface area contributed by atoms with Gasteiger partial charge in [0.2, 0.25) is 10.0 Å². The molecule has 0 amide bonds. The van der Waals surface area contributed by atoms with Gasteiger partial charge in [0, 0.05) is 5.69 Å². The van der Waals surface area contributed by atoms with Crippen LogP contribution in [0.2, 0.25) is 0 Å². The number of nitrogens with zero attached hydrogens (tertiary/aromatic N) is 2. The summed E-state index contributed by atoms with van der Waals surface area (Å²) in [4.78, 5) is 9.10. The second kappa shape index (κ2) is 5.52. The maximum Gasteiger partial charge on any atom is 0.241 e. The molecular weight excluding hydrogens is 324 g/mol. The summed E-state index contributed by atoms with van der Waals surface area (Å²) in [6.45, 7) is 0. The Morgan fingerprint density at radius 2 is 2.09 bits per heavy atom. The van der Waals surface area contributed by atoms with Crippen molar-refractivity contribution in [1.82, 2.24) is 9.97 Å². The quantitative estimate of drug-likeness (QED) is 0.755. The van der Waals surface area contributed by atoms with E-state index >= 15 is 0 Å². The minimum Gasteiger partial charge on any atom is -0.495 e. The molecule has 2 aromatic heterocycles. The van der Waals surface area contributed by atoms with Crippen molar-refractivity contribution in [3.8, 4) is 5.75 Å². The number of anilines is 2. The molecule has 3 aromatic rings. The Morgan fingerprint density at radius 3 is 2.82 bits per heavy atom. The molecule has 0 unspecified atom stereocenters. The molecule has 3 rings (SSSR count). The average Bonchev–Trinajstić information content (AvgIpc) is 2.96. The zero-order valence-corrected chi connectivity index (χ0v) is 13.1. The number of sulfonamides is 1. The van der Waals surface area contributed by atoms with Crippen molar-refractivity contribution < 1.29 is 13.2 Å². The van der Waals surface area contributed by atoms with Gasteiger partial charge in [0.15, 0.2) is 0 Å². The molecule has 0 saturated carbocycles. The van der Waals surface area contributed by atoms with Crippen LogP contribution in [0.25, 0.3) is 10.2 Å². The van der Waals surface area contributed by atoms with E-state index in [0.717, 1.165) is 10.2 Å². The largest absolute Gasteiger partial charge is 0.495 e. The second-order valence-electron chi connectivity index (χ2n) is 4.40. The molecule has 2 heterocycles. The molecule has 0 aliphatic carbocycles. The van der Waals surface area contributed by atoms with Gasteiger partial charge in [-0.1, -0.05) is 0 Å². The third kappa shape index (κ3) is 2.73. The van der Waals surface area contributed by atoms with Gasteiger partial charge in [0.05, 0.1) is 12.5 Å². The second-order valence-corrected chi connectivity index (χ2v) is 6.82. The SMILES string of the molecule is COc1ccc(Nc2ncnc3sccc23)cc1S(N)(=O)=O. The number of benzene rings is 1. The van der Waals surface area contributed by atoms with Crippen LogP contribution in [-0.2, 0) is 10.0 Å². The molecule has 0 radical (unpaired) electrons. The number of methoxy groups -OCH3 is 1. The molecule has 22 heavy (non-hydrogen) atoms. The fraction of sp³-hybridized carbons (Fsp3) is 0.0769. The van der Waals surface area contributed by atoms with Crippen LogP contribution in [0.5, 0.6) is 5.75 Å². The first-order valence-corrected chi connectivity index (χ1v) is 8.57. The van der Waals surface area contributed by atoms with Crippen molar-refractivity contribution in [3.63, 3.8) is 0 Å². The molecule has 0 saturated heterocycles. The smallest absolute Gasteiger partial charge is 0.241 e. The van der Waals surface area contributed by atoms with Crippen molar-refractivity contribution >= 4 is 43.1 Å². The lowest BCUT2D eigenvalue weighted by molar-refractivity contribution is 0.403. The predicted octanol–water partition coefficient (Wildman–Crippen LogP) is 2.09. The summed E-state index contributed by atoms with van der Waals surface area (Å²) in [5.41, 5.74) is 0.538. The Kier molecular flexibility index (Phi) is 3.69. The first-order chi connectivity index (χ1) is 10.5. The van der Waals surface area contributed by atoms with E-state index in [-0.39, 0.29) is 10.6 Å². The molecule has 0 fully saturated rings. The summed E-state index contributed by atoms with van der Waals surface area (Å²) in [6.07, 6.45) is 1.45. The molecule has 0 atom stereocenters. The Morgan fingerprint density at radius 1 is 1.27 bits per heavy atom. The van der Waals surface area contributed by atoms with E-state index in [9.17, 15) is 8.42 Å². The van der Waals surface area contributed by atoms with Crippen LogP contribution < -0.4 is 15.2 Å². The maximum absolute atomic E-state index is 11.6. The van der Waals surface area contributed by atoms with Crippen molar-refractivity contribution in [2.75, 3.05) is 12.4 Å². The number of ether oxygens (including phenoxy) is 1. The summed E-state index contributed by atoms with van der Waals surface area (Å²) in [5, 5.41) is 11.1. The highest BCUT2D eigenvalue weighted by Gasteiger charge is 2.16. The number of hydrogen-bond donors (Lipinski definition) is 2. The van der Waals surface area contributed by atoms with Gasteiger partial charge in [-0.15, -0.1) is 11.3 Å². The molecule has 0 aliphatic rings. The van der Waals surface area contributed by atoms with E-state index in [0.29, 0.717) is 11.5 Å². The molecular formula is C13H12N4O3S2. The first-order valence-electron chi connectivity index (χ1n) is 6.15. The highest BCUT2D eigenvalue weighted by atomic mass is 32.2. The Labute approximate surface area is 130 Å². The minimum absolute atomic E-state index is 0.0874. The van der Waals surface area contributed by atoms with Crippen LogP contribution in [0.15, 0.2) is 40.9 Å². The number of fused-ring (bicyclic) bond motifs is 1. The van der Waals surface area contributed by atoms with E-state index in [1.165, 1.54) is 36.9 Å². The fourth-order valence-electron chi connectivity index (χ4n) is 2.00. The molecule has 7 nitrogen and oxygen atoms in total. The van der Waals surface area contributed by atoms with Crippen molar-refractivity contribution in [2.24, 2.45) is 5.14 Å². The third-order valence-corrected chi connectivity index (χ3v) is 4.75. The van der Waals surface area contributed by atoms with Crippen LogP contribution in [0, 0.1) is 0 Å². The van der Waals surface area contributed by atoms with Gasteiger partial charge >= 0.3 is 0 Å². The lowest BCUT2D eigenvalue weighted by atomic mass is 10.3. The lowest BCUT2D eigenvalue weighted by Gasteiger charge is -2.11. The van der Waals surface area contributed by atoms with Gasteiger partial charge in [-0.3, -0.25) is 0 Å². The number of nitrogens with one attached hydrogen (secondary N) is 1. The number of aromatic nitrogens is 2. The molecule has 1 aromatic carbocycles. The third-order valence-electron chi connectivity index (χ3n) is 2.99. The normalized spacial score (nSPS) is 11.5.